The molecule has 1 aromatic carbocycles. The quantitative estimate of drug-likeness (QED) is 0.794. The van der Waals surface area contributed by atoms with Gasteiger partial charge in [-0.3, -0.25) is 4.79 Å². The first-order valence-corrected chi connectivity index (χ1v) is 5.64. The molecule has 78 valence electrons. The molecule has 0 unspecified atom stereocenters. The average molecular weight is 220 g/mol. The van der Waals surface area contributed by atoms with Crippen molar-refractivity contribution in [3.05, 3.63) is 24.3 Å². The summed E-state index contributed by atoms with van der Waals surface area (Å²) in [5.74, 6) is 0.758. The van der Waals surface area contributed by atoms with Crippen molar-refractivity contribution < 1.29 is 4.79 Å². The van der Waals surface area contributed by atoms with Gasteiger partial charge in [-0.25, -0.2) is 0 Å². The molecule has 1 amide bonds. The van der Waals surface area contributed by atoms with Gasteiger partial charge in [0.2, 0.25) is 5.91 Å². The summed E-state index contributed by atoms with van der Waals surface area (Å²) in [5, 5.41) is 11.0. The Bertz CT molecular complexity index is 367. The molecule has 0 atom stereocenters. The van der Waals surface area contributed by atoms with Crippen molar-refractivity contribution in [1.82, 2.24) is 0 Å². The number of hydrogen-bond acceptors (Lipinski definition) is 3. The molecule has 1 rings (SSSR count). The maximum atomic E-state index is 11.1. The lowest BCUT2D eigenvalue weighted by molar-refractivity contribution is -0.115. The zero-order valence-corrected chi connectivity index (χ0v) is 9.30. The lowest BCUT2D eigenvalue weighted by Gasteiger charge is -2.03. The van der Waals surface area contributed by atoms with E-state index in [-0.39, 0.29) is 12.3 Å². The van der Waals surface area contributed by atoms with Crippen molar-refractivity contribution in [2.24, 2.45) is 0 Å². The minimum atomic E-state index is -0.270. The Labute approximate surface area is 93.5 Å². The van der Waals surface area contributed by atoms with Crippen LogP contribution in [0.4, 0.5) is 5.69 Å². The van der Waals surface area contributed by atoms with Crippen molar-refractivity contribution in [3.8, 4) is 6.07 Å². The molecule has 0 aliphatic rings. The normalized spacial score (nSPS) is 9.33. The van der Waals surface area contributed by atoms with E-state index in [0.717, 1.165) is 11.4 Å². The minimum absolute atomic E-state index is 0.106. The number of nitrogens with one attached hydrogen (secondary N) is 1. The molecule has 15 heavy (non-hydrogen) atoms. The zero-order chi connectivity index (χ0) is 11.1. The summed E-state index contributed by atoms with van der Waals surface area (Å²) in [5.41, 5.74) is 0.732. The van der Waals surface area contributed by atoms with Gasteiger partial charge in [-0.2, -0.15) is 5.26 Å². The van der Waals surface area contributed by atoms with Crippen LogP contribution in [-0.2, 0) is 4.79 Å². The van der Waals surface area contributed by atoms with Gasteiger partial charge in [0.1, 0.15) is 6.42 Å². The Morgan fingerprint density at radius 3 is 2.67 bits per heavy atom. The first-order valence-electron chi connectivity index (χ1n) is 4.66. The fourth-order valence-electron chi connectivity index (χ4n) is 1.08. The second-order valence-electron chi connectivity index (χ2n) is 2.84. The summed E-state index contributed by atoms with van der Waals surface area (Å²) in [4.78, 5) is 12.3. The van der Waals surface area contributed by atoms with Crippen LogP contribution in [0.1, 0.15) is 13.3 Å². The number of thioether (sulfide) groups is 1. The van der Waals surface area contributed by atoms with E-state index in [9.17, 15) is 4.79 Å². The summed E-state index contributed by atoms with van der Waals surface area (Å²) in [7, 11) is 0. The Hall–Kier alpha value is -1.47. The molecular formula is C11H12N2OS. The Balaban J connectivity index is 2.57. The highest BCUT2D eigenvalue weighted by Crippen LogP contribution is 2.19. The Kier molecular flexibility index (Phi) is 4.72. The molecule has 0 aliphatic heterocycles. The number of carbonyl (C=O) groups excluding carboxylic acids is 1. The number of nitrogens with zero attached hydrogens (tertiary/aromatic N) is 1. The number of nitriles is 1. The van der Waals surface area contributed by atoms with Crippen LogP contribution < -0.4 is 5.32 Å². The van der Waals surface area contributed by atoms with Gasteiger partial charge in [-0.05, 0) is 30.0 Å². The predicted molar refractivity (Wildman–Crippen MR) is 61.7 cm³/mol. The molecule has 0 bridgehead atoms. The van der Waals surface area contributed by atoms with Crippen molar-refractivity contribution in [3.63, 3.8) is 0 Å². The first kappa shape index (κ1) is 11.6. The van der Waals surface area contributed by atoms with E-state index in [4.69, 9.17) is 5.26 Å². The highest BCUT2D eigenvalue weighted by Gasteiger charge is 2.00. The molecular weight excluding hydrogens is 208 g/mol. The van der Waals surface area contributed by atoms with E-state index in [1.54, 1.807) is 17.8 Å². The van der Waals surface area contributed by atoms with Crippen molar-refractivity contribution in [1.29, 1.82) is 5.26 Å². The van der Waals surface area contributed by atoms with Crippen LogP contribution in [0, 0.1) is 11.3 Å². The van der Waals surface area contributed by atoms with E-state index in [2.05, 4.69) is 12.2 Å². The van der Waals surface area contributed by atoms with E-state index in [1.165, 1.54) is 4.90 Å². The standard InChI is InChI=1S/C11H12N2OS/c1-2-15-10-5-3-9(4-6-10)13-11(14)7-8-12/h3-6H,2,7H2,1H3,(H,13,14). The van der Waals surface area contributed by atoms with Crippen molar-refractivity contribution >= 4 is 23.4 Å². The van der Waals surface area contributed by atoms with Crippen LogP contribution in [0.15, 0.2) is 29.2 Å². The molecule has 0 spiro atoms. The van der Waals surface area contributed by atoms with Crippen LogP contribution in [-0.4, -0.2) is 11.7 Å². The third-order valence-corrected chi connectivity index (χ3v) is 2.58. The van der Waals surface area contributed by atoms with Gasteiger partial charge in [0.15, 0.2) is 0 Å². The number of rotatable bonds is 4. The van der Waals surface area contributed by atoms with Crippen molar-refractivity contribution in [2.45, 2.75) is 18.2 Å². The van der Waals surface area contributed by atoms with Crippen LogP contribution in [0.2, 0.25) is 0 Å². The van der Waals surface area contributed by atoms with Crippen molar-refractivity contribution in [2.75, 3.05) is 11.1 Å². The van der Waals surface area contributed by atoms with Gasteiger partial charge in [-0.15, -0.1) is 11.8 Å². The smallest absolute Gasteiger partial charge is 0.238 e. The molecule has 0 heterocycles. The number of carbonyl (C=O) groups is 1. The summed E-state index contributed by atoms with van der Waals surface area (Å²) in [6, 6.07) is 9.39. The monoisotopic (exact) mass is 220 g/mol. The number of anilines is 1. The topological polar surface area (TPSA) is 52.9 Å². The third kappa shape index (κ3) is 4.05. The molecule has 0 saturated heterocycles. The average Bonchev–Trinajstić information content (AvgIpc) is 2.22. The van der Waals surface area contributed by atoms with Gasteiger partial charge in [0.25, 0.3) is 0 Å². The fourth-order valence-corrected chi connectivity index (χ4v) is 1.74. The van der Waals surface area contributed by atoms with Crippen LogP contribution in [0.25, 0.3) is 0 Å². The molecule has 0 fully saturated rings. The molecule has 0 saturated carbocycles. The second kappa shape index (κ2) is 6.10. The van der Waals surface area contributed by atoms with E-state index >= 15 is 0 Å². The van der Waals surface area contributed by atoms with Gasteiger partial charge in [0, 0.05) is 10.6 Å². The zero-order valence-electron chi connectivity index (χ0n) is 8.49. The molecule has 0 aliphatic carbocycles. The van der Waals surface area contributed by atoms with Gasteiger partial charge < -0.3 is 5.32 Å². The van der Waals surface area contributed by atoms with Crippen LogP contribution >= 0.6 is 11.8 Å². The minimum Gasteiger partial charge on any atom is -0.325 e. The Morgan fingerprint density at radius 1 is 1.47 bits per heavy atom. The first-order chi connectivity index (χ1) is 7.26. The second-order valence-corrected chi connectivity index (χ2v) is 4.18. The summed E-state index contributed by atoms with van der Waals surface area (Å²) >= 11 is 1.75. The lowest BCUT2D eigenvalue weighted by Crippen LogP contribution is -2.09. The highest BCUT2D eigenvalue weighted by atomic mass is 32.2. The summed E-state index contributed by atoms with van der Waals surface area (Å²) in [6.07, 6.45) is -0.106. The number of amides is 1. The molecule has 1 aromatic rings. The number of benzene rings is 1. The van der Waals surface area contributed by atoms with E-state index < -0.39 is 0 Å². The van der Waals surface area contributed by atoms with E-state index in [1.807, 2.05) is 24.3 Å². The third-order valence-electron chi connectivity index (χ3n) is 1.69. The molecule has 3 nitrogen and oxygen atoms in total. The van der Waals surface area contributed by atoms with Gasteiger partial charge in [-0.1, -0.05) is 6.92 Å². The Morgan fingerprint density at radius 2 is 2.13 bits per heavy atom. The SMILES string of the molecule is CCSc1ccc(NC(=O)CC#N)cc1. The summed E-state index contributed by atoms with van der Waals surface area (Å²) < 4.78 is 0. The van der Waals surface area contributed by atoms with Crippen LogP contribution in [0.5, 0.6) is 0 Å². The van der Waals surface area contributed by atoms with Gasteiger partial charge in [0.05, 0.1) is 6.07 Å². The molecule has 4 heteroatoms. The largest absolute Gasteiger partial charge is 0.325 e. The summed E-state index contributed by atoms with van der Waals surface area (Å²) in [6.45, 7) is 2.09. The van der Waals surface area contributed by atoms with Gasteiger partial charge >= 0.3 is 0 Å². The van der Waals surface area contributed by atoms with E-state index in [0.29, 0.717) is 0 Å². The lowest BCUT2D eigenvalue weighted by atomic mass is 10.3. The fraction of sp³-hybridized carbons (Fsp3) is 0.273. The van der Waals surface area contributed by atoms with Crippen LogP contribution in [0.3, 0.4) is 0 Å². The highest BCUT2D eigenvalue weighted by molar-refractivity contribution is 7.99. The maximum absolute atomic E-state index is 11.1. The maximum Gasteiger partial charge on any atom is 0.238 e. The molecule has 0 aromatic heterocycles. The molecule has 1 N–H and O–H groups in total. The molecule has 0 radical (unpaired) electrons. The predicted octanol–water partition coefficient (Wildman–Crippen LogP) is 2.65. The number of hydrogen-bond donors (Lipinski definition) is 1.